The van der Waals surface area contributed by atoms with E-state index in [-0.39, 0.29) is 0 Å². The van der Waals surface area contributed by atoms with Crippen LogP contribution in [0, 0.1) is 0 Å². The van der Waals surface area contributed by atoms with Crippen molar-refractivity contribution in [3.05, 3.63) is 0 Å². The second kappa shape index (κ2) is 7.88. The number of hydrogen-bond donors (Lipinski definition) is 1. The predicted octanol–water partition coefficient (Wildman–Crippen LogP) is 0.564. The zero-order chi connectivity index (χ0) is 6.95. The highest BCUT2D eigenvalue weighted by atomic mass is 16.7. The fourth-order valence-corrected chi connectivity index (χ4v) is 0.406. The topological polar surface area (TPSA) is 30.5 Å². The first-order valence-corrected chi connectivity index (χ1v) is 3.22. The maximum absolute atomic E-state index is 5.02. The van der Waals surface area contributed by atoms with E-state index in [0.29, 0.717) is 13.5 Å². The smallest absolute Gasteiger partial charge is 0.148 e. The van der Waals surface area contributed by atoms with Gasteiger partial charge >= 0.3 is 0 Å². The summed E-state index contributed by atoms with van der Waals surface area (Å²) in [5.41, 5.74) is 0. The zero-order valence-electron chi connectivity index (χ0n) is 6.14. The monoisotopic (exact) mass is 133 g/mol. The van der Waals surface area contributed by atoms with Crippen molar-refractivity contribution in [2.75, 3.05) is 27.2 Å². The predicted molar refractivity (Wildman–Crippen MR) is 36.1 cm³/mol. The average molecular weight is 133 g/mol. The molecular formula is C6H15NO2. The molecule has 0 bridgehead atoms. The lowest BCUT2D eigenvalue weighted by Crippen LogP contribution is -2.13. The van der Waals surface area contributed by atoms with Crippen LogP contribution in [0.3, 0.4) is 0 Å². The minimum atomic E-state index is 0.397. The number of hydrogen-bond acceptors (Lipinski definition) is 3. The van der Waals surface area contributed by atoms with Crippen molar-refractivity contribution in [1.82, 2.24) is 5.32 Å². The highest BCUT2D eigenvalue weighted by Crippen LogP contribution is 1.79. The quantitative estimate of drug-likeness (QED) is 0.424. The van der Waals surface area contributed by atoms with Crippen molar-refractivity contribution in [3.8, 4) is 0 Å². The Bertz CT molecular complexity index is 44.3. The molecule has 0 aliphatic heterocycles. The van der Waals surface area contributed by atoms with Gasteiger partial charge in [-0.15, -0.1) is 0 Å². The van der Waals surface area contributed by atoms with Gasteiger partial charge in [-0.05, 0) is 13.5 Å². The summed E-state index contributed by atoms with van der Waals surface area (Å²) < 4.78 is 9.97. The summed E-state index contributed by atoms with van der Waals surface area (Å²) in [6, 6.07) is 0. The van der Waals surface area contributed by atoms with E-state index in [1.807, 2.05) is 7.05 Å². The van der Waals surface area contributed by atoms with Crippen LogP contribution in [-0.2, 0) is 9.47 Å². The van der Waals surface area contributed by atoms with Crippen LogP contribution in [0.5, 0.6) is 0 Å². The van der Waals surface area contributed by atoms with E-state index in [1.54, 1.807) is 0 Å². The summed E-state index contributed by atoms with van der Waals surface area (Å²) in [6.07, 6.45) is 1.04. The fraction of sp³-hybridized carbons (Fsp3) is 1.00. The first kappa shape index (κ1) is 8.88. The highest BCUT2D eigenvalue weighted by Gasteiger charge is 1.82. The third kappa shape index (κ3) is 7.88. The van der Waals surface area contributed by atoms with Crippen LogP contribution in [0.2, 0.25) is 0 Å². The SMILES string of the molecule is CCCOCOCNC. The highest BCUT2D eigenvalue weighted by molar-refractivity contribution is 4.20. The Balaban J connectivity index is 2.60. The third-order valence-electron chi connectivity index (χ3n) is 0.762. The molecule has 0 radical (unpaired) electrons. The van der Waals surface area contributed by atoms with Crippen molar-refractivity contribution in [2.24, 2.45) is 0 Å². The Hall–Kier alpha value is -0.120. The summed E-state index contributed by atoms with van der Waals surface area (Å²) in [5.74, 6) is 0. The molecule has 0 saturated carbocycles. The third-order valence-corrected chi connectivity index (χ3v) is 0.762. The maximum atomic E-state index is 5.02. The van der Waals surface area contributed by atoms with Gasteiger partial charge in [0.25, 0.3) is 0 Å². The molecule has 0 unspecified atom stereocenters. The molecule has 0 aromatic carbocycles. The molecule has 9 heavy (non-hydrogen) atoms. The Morgan fingerprint density at radius 3 is 2.67 bits per heavy atom. The van der Waals surface area contributed by atoms with Crippen LogP contribution in [0.4, 0.5) is 0 Å². The van der Waals surface area contributed by atoms with Crippen molar-refractivity contribution < 1.29 is 9.47 Å². The molecule has 3 nitrogen and oxygen atoms in total. The molecule has 0 fully saturated rings. The molecule has 0 heterocycles. The molecule has 0 aromatic rings. The summed E-state index contributed by atoms with van der Waals surface area (Å²) in [4.78, 5) is 0. The molecule has 0 amide bonds. The van der Waals surface area contributed by atoms with Gasteiger partial charge in [0.2, 0.25) is 0 Å². The van der Waals surface area contributed by atoms with Crippen LogP contribution < -0.4 is 5.32 Å². The zero-order valence-corrected chi connectivity index (χ0v) is 6.14. The van der Waals surface area contributed by atoms with Gasteiger partial charge in [-0.3, -0.25) is 5.32 Å². The van der Waals surface area contributed by atoms with Crippen LogP contribution in [0.1, 0.15) is 13.3 Å². The van der Waals surface area contributed by atoms with Gasteiger partial charge in [0.05, 0.1) is 6.73 Å². The van der Waals surface area contributed by atoms with Crippen LogP contribution >= 0.6 is 0 Å². The first-order chi connectivity index (χ1) is 4.41. The molecule has 56 valence electrons. The van der Waals surface area contributed by atoms with E-state index in [1.165, 1.54) is 0 Å². The van der Waals surface area contributed by atoms with Crippen molar-refractivity contribution in [2.45, 2.75) is 13.3 Å². The molecule has 0 spiro atoms. The number of nitrogens with one attached hydrogen (secondary N) is 1. The van der Waals surface area contributed by atoms with Crippen molar-refractivity contribution in [3.63, 3.8) is 0 Å². The lowest BCUT2D eigenvalue weighted by molar-refractivity contribution is -0.0577. The molecule has 3 heteroatoms. The van der Waals surface area contributed by atoms with Gasteiger partial charge in [0, 0.05) is 6.61 Å². The van der Waals surface area contributed by atoms with Crippen LogP contribution in [-0.4, -0.2) is 27.2 Å². The fourth-order valence-electron chi connectivity index (χ4n) is 0.406. The molecule has 0 aliphatic carbocycles. The van der Waals surface area contributed by atoms with E-state index in [2.05, 4.69) is 12.2 Å². The minimum Gasteiger partial charge on any atom is -0.355 e. The van der Waals surface area contributed by atoms with Gasteiger partial charge in [-0.2, -0.15) is 0 Å². The van der Waals surface area contributed by atoms with Gasteiger partial charge in [0.1, 0.15) is 6.79 Å². The summed E-state index contributed by atoms with van der Waals surface area (Å²) >= 11 is 0. The van der Waals surface area contributed by atoms with Crippen molar-refractivity contribution in [1.29, 1.82) is 0 Å². The standard InChI is InChI=1S/C6H15NO2/c1-3-4-8-6-9-5-7-2/h7H,3-6H2,1-2H3. The van der Waals surface area contributed by atoms with Gasteiger partial charge in [0.15, 0.2) is 0 Å². The van der Waals surface area contributed by atoms with E-state index < -0.39 is 0 Å². The Labute approximate surface area is 56.3 Å². The number of ether oxygens (including phenoxy) is 2. The van der Waals surface area contributed by atoms with Crippen LogP contribution in [0.15, 0.2) is 0 Å². The Morgan fingerprint density at radius 1 is 1.33 bits per heavy atom. The lowest BCUT2D eigenvalue weighted by Gasteiger charge is -2.02. The molecule has 0 atom stereocenters. The Morgan fingerprint density at radius 2 is 2.11 bits per heavy atom. The second-order valence-corrected chi connectivity index (χ2v) is 1.73. The van der Waals surface area contributed by atoms with E-state index in [0.717, 1.165) is 13.0 Å². The van der Waals surface area contributed by atoms with Gasteiger partial charge < -0.3 is 9.47 Å². The number of rotatable bonds is 6. The molecule has 0 rings (SSSR count). The second-order valence-electron chi connectivity index (χ2n) is 1.73. The van der Waals surface area contributed by atoms with E-state index in [4.69, 9.17) is 9.47 Å². The molecule has 1 N–H and O–H groups in total. The summed E-state index contributed by atoms with van der Waals surface area (Å²) in [5, 5.41) is 2.84. The molecular weight excluding hydrogens is 118 g/mol. The summed E-state index contributed by atoms with van der Waals surface area (Å²) in [6.45, 7) is 3.81. The molecule has 0 aromatic heterocycles. The minimum absolute atomic E-state index is 0.397. The van der Waals surface area contributed by atoms with E-state index in [9.17, 15) is 0 Å². The van der Waals surface area contributed by atoms with Crippen molar-refractivity contribution >= 4 is 0 Å². The summed E-state index contributed by atoms with van der Waals surface area (Å²) in [7, 11) is 1.83. The largest absolute Gasteiger partial charge is 0.355 e. The Kier molecular flexibility index (Phi) is 7.77. The average Bonchev–Trinajstić information content (AvgIpc) is 1.89. The lowest BCUT2D eigenvalue weighted by atomic mass is 10.5. The molecule has 0 saturated heterocycles. The normalized spacial score (nSPS) is 10.0. The van der Waals surface area contributed by atoms with E-state index >= 15 is 0 Å². The maximum Gasteiger partial charge on any atom is 0.148 e. The van der Waals surface area contributed by atoms with Gasteiger partial charge in [-0.25, -0.2) is 0 Å². The van der Waals surface area contributed by atoms with Gasteiger partial charge in [-0.1, -0.05) is 6.92 Å². The first-order valence-electron chi connectivity index (χ1n) is 3.22. The molecule has 0 aliphatic rings. The van der Waals surface area contributed by atoms with Crippen LogP contribution in [0.25, 0.3) is 0 Å².